The van der Waals surface area contributed by atoms with Gasteiger partial charge in [0.1, 0.15) is 5.75 Å². The first-order chi connectivity index (χ1) is 6.45. The lowest BCUT2D eigenvalue weighted by molar-refractivity contribution is 0.188. The van der Waals surface area contributed by atoms with Crippen LogP contribution in [-0.2, 0) is 5.41 Å². The van der Waals surface area contributed by atoms with Crippen LogP contribution in [0.3, 0.4) is 0 Å². The van der Waals surface area contributed by atoms with Crippen LogP contribution in [0.5, 0.6) is 5.75 Å². The lowest BCUT2D eigenvalue weighted by Gasteiger charge is -2.22. The number of ether oxygens (including phenoxy) is 1. The molecule has 0 radical (unpaired) electrons. The van der Waals surface area contributed by atoms with E-state index in [1.54, 1.807) is 0 Å². The largest absolute Gasteiger partial charge is 0.463 e. The van der Waals surface area contributed by atoms with Crippen LogP contribution in [0.1, 0.15) is 31.9 Å². The molecule has 0 saturated carbocycles. The first-order valence-corrected chi connectivity index (χ1v) is 4.75. The summed E-state index contributed by atoms with van der Waals surface area (Å²) >= 11 is 0. The van der Waals surface area contributed by atoms with Gasteiger partial charge in [-0.1, -0.05) is 32.9 Å². The quantitative estimate of drug-likeness (QED) is 0.702. The van der Waals surface area contributed by atoms with E-state index in [0.29, 0.717) is 5.75 Å². The molecule has 0 aliphatic heterocycles. The molecule has 1 rings (SSSR count). The molecule has 0 saturated heterocycles. The molecule has 14 heavy (non-hydrogen) atoms. The van der Waals surface area contributed by atoms with Crippen molar-refractivity contribution in [3.05, 3.63) is 29.3 Å². The van der Waals surface area contributed by atoms with Gasteiger partial charge >= 0.3 is 0 Å². The Bertz CT molecular complexity index is 313. The third-order valence-electron chi connectivity index (χ3n) is 2.16. The molecule has 0 aliphatic carbocycles. The van der Waals surface area contributed by atoms with Crippen molar-refractivity contribution in [3.8, 4) is 5.75 Å². The lowest BCUT2D eigenvalue weighted by atomic mass is 9.86. The molecule has 0 bridgehead atoms. The molecule has 0 amide bonds. The second kappa shape index (κ2) is 3.99. The fourth-order valence-corrected chi connectivity index (χ4v) is 1.43. The third kappa shape index (κ3) is 2.47. The number of rotatable bonds is 2. The molecule has 0 heterocycles. The minimum atomic E-state index is -0.771. The fraction of sp³-hybridized carbons (Fsp3) is 0.500. The zero-order valence-electron chi connectivity index (χ0n) is 9.23. The SMILES string of the molecule is Cc1ccc(C(C)(C)C)c(OCF)c1. The number of hydrogen-bond donors (Lipinski definition) is 0. The Morgan fingerprint density at radius 2 is 1.93 bits per heavy atom. The Morgan fingerprint density at radius 1 is 1.29 bits per heavy atom. The summed E-state index contributed by atoms with van der Waals surface area (Å²) in [7, 11) is 0. The predicted octanol–water partition coefficient (Wildman–Crippen LogP) is 3.60. The molecule has 1 nitrogen and oxygen atoms in total. The minimum Gasteiger partial charge on any atom is -0.463 e. The number of benzene rings is 1. The highest BCUT2D eigenvalue weighted by Crippen LogP contribution is 2.31. The molecule has 2 heteroatoms. The van der Waals surface area contributed by atoms with Crippen LogP contribution in [-0.4, -0.2) is 6.86 Å². The number of aryl methyl sites for hydroxylation is 1. The molecule has 0 fully saturated rings. The molecule has 0 spiro atoms. The normalized spacial score (nSPS) is 11.5. The first-order valence-electron chi connectivity index (χ1n) is 4.75. The Morgan fingerprint density at radius 3 is 2.43 bits per heavy atom. The van der Waals surface area contributed by atoms with E-state index in [4.69, 9.17) is 4.74 Å². The zero-order chi connectivity index (χ0) is 10.8. The number of hydrogen-bond acceptors (Lipinski definition) is 1. The van der Waals surface area contributed by atoms with E-state index in [9.17, 15) is 4.39 Å². The maximum Gasteiger partial charge on any atom is 0.228 e. The fourth-order valence-electron chi connectivity index (χ4n) is 1.43. The van der Waals surface area contributed by atoms with Crippen LogP contribution in [0.25, 0.3) is 0 Å². The molecule has 78 valence electrons. The Kier molecular flexibility index (Phi) is 3.14. The average molecular weight is 196 g/mol. The molecule has 0 aliphatic rings. The summed E-state index contributed by atoms with van der Waals surface area (Å²) in [6.45, 7) is 7.46. The van der Waals surface area contributed by atoms with Gasteiger partial charge < -0.3 is 4.74 Å². The van der Waals surface area contributed by atoms with Crippen LogP contribution in [0, 0.1) is 6.92 Å². The molecule has 1 aromatic rings. The van der Waals surface area contributed by atoms with E-state index < -0.39 is 6.86 Å². The van der Waals surface area contributed by atoms with Gasteiger partial charge in [-0.05, 0) is 29.5 Å². The van der Waals surface area contributed by atoms with Gasteiger partial charge in [0.2, 0.25) is 6.86 Å². The van der Waals surface area contributed by atoms with Crippen molar-refractivity contribution in [1.29, 1.82) is 0 Å². The highest BCUT2D eigenvalue weighted by atomic mass is 19.1. The average Bonchev–Trinajstić information content (AvgIpc) is 2.02. The van der Waals surface area contributed by atoms with Crippen LogP contribution >= 0.6 is 0 Å². The monoisotopic (exact) mass is 196 g/mol. The minimum absolute atomic E-state index is 0.0157. The van der Waals surface area contributed by atoms with Gasteiger partial charge in [-0.3, -0.25) is 0 Å². The van der Waals surface area contributed by atoms with Crippen molar-refractivity contribution < 1.29 is 9.13 Å². The molecule has 0 aromatic heterocycles. The summed E-state index contributed by atoms with van der Waals surface area (Å²) in [5.41, 5.74) is 2.11. The van der Waals surface area contributed by atoms with E-state index in [2.05, 4.69) is 20.8 Å². The highest BCUT2D eigenvalue weighted by molar-refractivity contribution is 5.41. The maximum atomic E-state index is 12.2. The van der Waals surface area contributed by atoms with Crippen molar-refractivity contribution in [2.75, 3.05) is 6.86 Å². The van der Waals surface area contributed by atoms with Crippen molar-refractivity contribution in [3.63, 3.8) is 0 Å². The molecule has 0 N–H and O–H groups in total. The summed E-state index contributed by atoms with van der Waals surface area (Å²) in [5.74, 6) is 0.653. The number of halogens is 1. The molecular formula is C12H17FO. The van der Waals surface area contributed by atoms with Gasteiger partial charge in [0.15, 0.2) is 0 Å². The van der Waals surface area contributed by atoms with Crippen molar-refractivity contribution >= 4 is 0 Å². The van der Waals surface area contributed by atoms with E-state index in [0.717, 1.165) is 11.1 Å². The van der Waals surface area contributed by atoms with Crippen LogP contribution < -0.4 is 4.74 Å². The summed E-state index contributed by atoms with van der Waals surface area (Å²) in [4.78, 5) is 0. The number of alkyl halides is 1. The van der Waals surface area contributed by atoms with E-state index in [1.807, 2.05) is 25.1 Å². The summed E-state index contributed by atoms with van der Waals surface area (Å²) < 4.78 is 17.1. The highest BCUT2D eigenvalue weighted by Gasteiger charge is 2.18. The Balaban J connectivity index is 3.15. The summed E-state index contributed by atoms with van der Waals surface area (Å²) in [6, 6.07) is 5.90. The van der Waals surface area contributed by atoms with Gasteiger partial charge in [0.05, 0.1) is 0 Å². The van der Waals surface area contributed by atoms with Crippen molar-refractivity contribution in [2.24, 2.45) is 0 Å². The smallest absolute Gasteiger partial charge is 0.228 e. The molecule has 1 aromatic carbocycles. The van der Waals surface area contributed by atoms with Gasteiger partial charge in [-0.2, -0.15) is 0 Å². The van der Waals surface area contributed by atoms with Crippen molar-refractivity contribution in [2.45, 2.75) is 33.1 Å². The lowest BCUT2D eigenvalue weighted by Crippen LogP contribution is -2.13. The Hall–Kier alpha value is -1.05. The topological polar surface area (TPSA) is 9.23 Å². The maximum absolute atomic E-state index is 12.2. The van der Waals surface area contributed by atoms with Gasteiger partial charge in [0.25, 0.3) is 0 Å². The van der Waals surface area contributed by atoms with Gasteiger partial charge in [-0.15, -0.1) is 0 Å². The van der Waals surface area contributed by atoms with Crippen LogP contribution in [0.4, 0.5) is 4.39 Å². The van der Waals surface area contributed by atoms with Gasteiger partial charge in [-0.25, -0.2) is 4.39 Å². The Labute approximate surface area is 84.9 Å². The second-order valence-electron chi connectivity index (χ2n) is 4.50. The third-order valence-corrected chi connectivity index (χ3v) is 2.16. The van der Waals surface area contributed by atoms with Crippen LogP contribution in [0.2, 0.25) is 0 Å². The van der Waals surface area contributed by atoms with Crippen molar-refractivity contribution in [1.82, 2.24) is 0 Å². The molecular weight excluding hydrogens is 179 g/mol. The van der Waals surface area contributed by atoms with Gasteiger partial charge in [0, 0.05) is 0 Å². The summed E-state index contributed by atoms with van der Waals surface area (Å²) in [6.07, 6.45) is 0. The predicted molar refractivity (Wildman–Crippen MR) is 56.5 cm³/mol. The van der Waals surface area contributed by atoms with Crippen LogP contribution in [0.15, 0.2) is 18.2 Å². The summed E-state index contributed by atoms with van der Waals surface area (Å²) in [5, 5.41) is 0. The first kappa shape index (κ1) is 11.0. The molecule has 0 atom stereocenters. The zero-order valence-corrected chi connectivity index (χ0v) is 9.23. The standard InChI is InChI=1S/C12H17FO/c1-9-5-6-10(12(2,3)4)11(7-9)14-8-13/h5-7H,8H2,1-4H3. The molecule has 0 unspecified atom stereocenters. The van der Waals surface area contributed by atoms with E-state index in [-0.39, 0.29) is 5.41 Å². The van der Waals surface area contributed by atoms with E-state index >= 15 is 0 Å². The van der Waals surface area contributed by atoms with E-state index in [1.165, 1.54) is 0 Å². The second-order valence-corrected chi connectivity index (χ2v) is 4.50.